The first-order valence-electron chi connectivity index (χ1n) is 6.72. The molecule has 0 atom stereocenters. The highest BCUT2D eigenvalue weighted by atomic mass is 16.2. The molecule has 0 radical (unpaired) electrons. The van der Waals surface area contributed by atoms with Crippen LogP contribution in [-0.4, -0.2) is 28.5 Å². The van der Waals surface area contributed by atoms with Crippen LogP contribution < -0.4 is 0 Å². The number of carbonyl (C=O) groups excluding carboxylic acids is 1. The Morgan fingerprint density at radius 1 is 1.32 bits per heavy atom. The molecule has 3 heteroatoms. The molecule has 2 aromatic rings. The normalized spacial score (nSPS) is 15.1. The van der Waals surface area contributed by atoms with Gasteiger partial charge in [-0.1, -0.05) is 30.9 Å². The van der Waals surface area contributed by atoms with Crippen molar-refractivity contribution in [2.75, 3.05) is 13.1 Å². The molecular weight excluding hydrogens is 236 g/mol. The molecule has 1 aromatic heterocycles. The zero-order chi connectivity index (χ0) is 13.4. The molecule has 0 spiro atoms. The molecule has 0 saturated carbocycles. The van der Waals surface area contributed by atoms with Crippen LogP contribution in [0.15, 0.2) is 30.8 Å². The minimum absolute atomic E-state index is 0.145. The van der Waals surface area contributed by atoms with E-state index in [1.165, 1.54) is 0 Å². The van der Waals surface area contributed by atoms with Crippen molar-refractivity contribution in [3.63, 3.8) is 0 Å². The maximum atomic E-state index is 12.5. The predicted molar refractivity (Wildman–Crippen MR) is 78.1 cm³/mol. The molecule has 1 saturated heterocycles. The third kappa shape index (κ3) is 1.86. The lowest BCUT2D eigenvalue weighted by atomic mass is 10.1. The molecule has 0 N–H and O–H groups in total. The standard InChI is InChI=1S/C16H18N2O/c1-3-12-7-6-8-13-11-14(17(2)15(12)13)16(19)18-9-4-5-10-18/h3,6-8,11H,1,4-5,9-10H2,2H3. The van der Waals surface area contributed by atoms with E-state index in [0.717, 1.165) is 48.1 Å². The average Bonchev–Trinajstić information content (AvgIpc) is 3.06. The van der Waals surface area contributed by atoms with Crippen LogP contribution in [0.25, 0.3) is 17.0 Å². The molecule has 3 nitrogen and oxygen atoms in total. The Kier molecular flexibility index (Phi) is 2.90. The molecule has 1 fully saturated rings. The Hall–Kier alpha value is -2.03. The molecular formula is C16H18N2O. The molecule has 1 aliphatic heterocycles. The van der Waals surface area contributed by atoms with Gasteiger partial charge < -0.3 is 9.47 Å². The molecule has 0 unspecified atom stereocenters. The Balaban J connectivity index is 2.12. The van der Waals surface area contributed by atoms with Crippen LogP contribution in [0.3, 0.4) is 0 Å². The second-order valence-corrected chi connectivity index (χ2v) is 5.08. The number of likely N-dealkylation sites (tertiary alicyclic amines) is 1. The quantitative estimate of drug-likeness (QED) is 0.808. The van der Waals surface area contributed by atoms with Crippen molar-refractivity contribution in [3.05, 3.63) is 42.1 Å². The van der Waals surface area contributed by atoms with Crippen molar-refractivity contribution < 1.29 is 4.79 Å². The van der Waals surface area contributed by atoms with E-state index in [1.807, 2.05) is 46.9 Å². The summed E-state index contributed by atoms with van der Waals surface area (Å²) in [6.45, 7) is 5.61. The lowest BCUT2D eigenvalue weighted by Gasteiger charge is -2.15. The smallest absolute Gasteiger partial charge is 0.270 e. The number of nitrogens with zero attached hydrogens (tertiary/aromatic N) is 2. The number of carbonyl (C=O) groups is 1. The summed E-state index contributed by atoms with van der Waals surface area (Å²) in [7, 11) is 1.96. The van der Waals surface area contributed by atoms with Crippen molar-refractivity contribution in [1.82, 2.24) is 9.47 Å². The first kappa shape index (κ1) is 12.0. The number of benzene rings is 1. The molecule has 0 bridgehead atoms. The topological polar surface area (TPSA) is 25.2 Å². The molecule has 0 aliphatic carbocycles. The van der Waals surface area contributed by atoms with E-state index in [-0.39, 0.29) is 5.91 Å². The lowest BCUT2D eigenvalue weighted by molar-refractivity contribution is 0.0784. The summed E-state index contributed by atoms with van der Waals surface area (Å²) in [6, 6.07) is 8.06. The van der Waals surface area contributed by atoms with E-state index in [1.54, 1.807) is 0 Å². The van der Waals surface area contributed by atoms with Crippen molar-refractivity contribution in [2.45, 2.75) is 12.8 Å². The highest BCUT2D eigenvalue weighted by Crippen LogP contribution is 2.25. The highest BCUT2D eigenvalue weighted by Gasteiger charge is 2.22. The van der Waals surface area contributed by atoms with Crippen molar-refractivity contribution >= 4 is 22.9 Å². The van der Waals surface area contributed by atoms with Crippen LogP contribution in [0.2, 0.25) is 0 Å². The molecule has 98 valence electrons. The summed E-state index contributed by atoms with van der Waals surface area (Å²) in [5.74, 6) is 0.145. The third-order valence-electron chi connectivity index (χ3n) is 3.92. The minimum atomic E-state index is 0.145. The van der Waals surface area contributed by atoms with Gasteiger partial charge in [0.15, 0.2) is 0 Å². The Labute approximate surface area is 113 Å². The number of aryl methyl sites for hydroxylation is 1. The minimum Gasteiger partial charge on any atom is -0.339 e. The van der Waals surface area contributed by atoms with Crippen molar-refractivity contribution in [2.24, 2.45) is 7.05 Å². The highest BCUT2D eigenvalue weighted by molar-refractivity contribution is 6.00. The molecule has 1 aromatic carbocycles. The van der Waals surface area contributed by atoms with Gasteiger partial charge in [-0.25, -0.2) is 0 Å². The maximum absolute atomic E-state index is 12.5. The van der Waals surface area contributed by atoms with Gasteiger partial charge in [0, 0.05) is 25.5 Å². The first-order valence-corrected chi connectivity index (χ1v) is 6.72. The second kappa shape index (κ2) is 4.57. The SMILES string of the molecule is C=Cc1cccc2cc(C(=O)N3CCCC3)n(C)c12. The fraction of sp³-hybridized carbons (Fsp3) is 0.312. The van der Waals surface area contributed by atoms with Crippen LogP contribution >= 0.6 is 0 Å². The zero-order valence-electron chi connectivity index (χ0n) is 11.2. The van der Waals surface area contributed by atoms with Crippen LogP contribution in [-0.2, 0) is 7.05 Å². The summed E-state index contributed by atoms with van der Waals surface area (Å²) in [6.07, 6.45) is 4.08. The summed E-state index contributed by atoms with van der Waals surface area (Å²) >= 11 is 0. The molecule has 3 rings (SSSR count). The number of hydrogen-bond donors (Lipinski definition) is 0. The van der Waals surface area contributed by atoms with Gasteiger partial charge in [-0.2, -0.15) is 0 Å². The van der Waals surface area contributed by atoms with Crippen LogP contribution in [0.4, 0.5) is 0 Å². The number of hydrogen-bond acceptors (Lipinski definition) is 1. The Bertz CT molecular complexity index is 648. The van der Waals surface area contributed by atoms with Gasteiger partial charge in [0.1, 0.15) is 5.69 Å². The van der Waals surface area contributed by atoms with Crippen LogP contribution in [0, 0.1) is 0 Å². The number of para-hydroxylation sites is 1. The summed E-state index contributed by atoms with van der Waals surface area (Å²) in [4.78, 5) is 14.5. The van der Waals surface area contributed by atoms with Gasteiger partial charge >= 0.3 is 0 Å². The predicted octanol–water partition coefficient (Wildman–Crippen LogP) is 3.06. The van der Waals surface area contributed by atoms with Crippen LogP contribution in [0.1, 0.15) is 28.9 Å². The van der Waals surface area contributed by atoms with Gasteiger partial charge in [0.05, 0.1) is 5.52 Å². The van der Waals surface area contributed by atoms with E-state index < -0.39 is 0 Å². The monoisotopic (exact) mass is 254 g/mol. The molecule has 19 heavy (non-hydrogen) atoms. The maximum Gasteiger partial charge on any atom is 0.270 e. The van der Waals surface area contributed by atoms with Gasteiger partial charge in [-0.15, -0.1) is 0 Å². The Morgan fingerprint density at radius 3 is 2.74 bits per heavy atom. The summed E-state index contributed by atoms with van der Waals surface area (Å²) in [5, 5.41) is 1.10. The van der Waals surface area contributed by atoms with Crippen LogP contribution in [0.5, 0.6) is 0 Å². The number of amides is 1. The molecule has 1 amide bonds. The van der Waals surface area contributed by atoms with Gasteiger partial charge in [0.25, 0.3) is 5.91 Å². The van der Waals surface area contributed by atoms with Gasteiger partial charge in [-0.05, 0) is 24.5 Å². The number of rotatable bonds is 2. The van der Waals surface area contributed by atoms with Crippen molar-refractivity contribution in [3.8, 4) is 0 Å². The van der Waals surface area contributed by atoms with E-state index in [4.69, 9.17) is 0 Å². The van der Waals surface area contributed by atoms with Gasteiger partial charge in [0.2, 0.25) is 0 Å². The molecule has 2 heterocycles. The summed E-state index contributed by atoms with van der Waals surface area (Å²) in [5.41, 5.74) is 2.92. The Morgan fingerprint density at radius 2 is 2.05 bits per heavy atom. The zero-order valence-corrected chi connectivity index (χ0v) is 11.2. The number of aromatic nitrogens is 1. The molecule has 1 aliphatic rings. The van der Waals surface area contributed by atoms with E-state index in [0.29, 0.717) is 0 Å². The first-order chi connectivity index (χ1) is 9.22. The fourth-order valence-electron chi connectivity index (χ4n) is 2.90. The lowest BCUT2D eigenvalue weighted by Crippen LogP contribution is -2.29. The summed E-state index contributed by atoms with van der Waals surface area (Å²) < 4.78 is 1.99. The van der Waals surface area contributed by atoms with E-state index in [9.17, 15) is 4.79 Å². The largest absolute Gasteiger partial charge is 0.339 e. The average molecular weight is 254 g/mol. The fourth-order valence-corrected chi connectivity index (χ4v) is 2.90. The number of fused-ring (bicyclic) bond motifs is 1. The second-order valence-electron chi connectivity index (χ2n) is 5.08. The van der Waals surface area contributed by atoms with E-state index in [2.05, 4.69) is 6.58 Å². The third-order valence-corrected chi connectivity index (χ3v) is 3.92. The van der Waals surface area contributed by atoms with E-state index >= 15 is 0 Å². The van der Waals surface area contributed by atoms with Gasteiger partial charge in [-0.3, -0.25) is 4.79 Å². The van der Waals surface area contributed by atoms with Crippen molar-refractivity contribution in [1.29, 1.82) is 0 Å².